The van der Waals surface area contributed by atoms with Crippen LogP contribution in [0.5, 0.6) is 0 Å². The van der Waals surface area contributed by atoms with Gasteiger partial charge < -0.3 is 4.90 Å². The topological polar surface area (TPSA) is 20.3 Å². The lowest BCUT2D eigenvalue weighted by Crippen LogP contribution is -2.27. The first-order valence-electron chi connectivity index (χ1n) is 5.47. The van der Waals surface area contributed by atoms with E-state index >= 15 is 0 Å². The minimum Gasteiger partial charge on any atom is -0.341 e. The molecule has 1 aromatic rings. The van der Waals surface area contributed by atoms with Crippen molar-refractivity contribution < 1.29 is 4.79 Å². The first-order valence-corrected chi connectivity index (χ1v) is 5.47. The normalized spacial score (nSPS) is 15.1. The highest BCUT2D eigenvalue weighted by molar-refractivity contribution is 5.80. The summed E-state index contributed by atoms with van der Waals surface area (Å²) in [7, 11) is 1.89. The van der Waals surface area contributed by atoms with Crippen molar-refractivity contribution in [3.05, 3.63) is 35.4 Å². The second-order valence-electron chi connectivity index (χ2n) is 4.45. The largest absolute Gasteiger partial charge is 0.341 e. The van der Waals surface area contributed by atoms with E-state index in [1.54, 1.807) is 0 Å². The number of rotatable bonds is 3. The number of carbonyl (C=O) groups excluding carboxylic acids is 1. The lowest BCUT2D eigenvalue weighted by Gasteiger charge is -2.16. The zero-order valence-corrected chi connectivity index (χ0v) is 9.36. The molecule has 1 saturated carbocycles. The van der Waals surface area contributed by atoms with Gasteiger partial charge >= 0.3 is 0 Å². The summed E-state index contributed by atoms with van der Waals surface area (Å²) >= 11 is 0. The Morgan fingerprint density at radius 2 is 1.93 bits per heavy atom. The second-order valence-corrected chi connectivity index (χ2v) is 4.45. The standard InChI is InChI=1S/C13H17NO/c1-10-3-5-11(6-4-10)9-14(2)13(15)12-7-8-12/h3-6,12H,7-9H2,1-2H3. The van der Waals surface area contributed by atoms with Gasteiger partial charge in [-0.05, 0) is 25.3 Å². The zero-order chi connectivity index (χ0) is 10.8. The molecule has 1 aliphatic rings. The fraction of sp³-hybridized carbons (Fsp3) is 0.462. The fourth-order valence-electron chi connectivity index (χ4n) is 1.69. The molecule has 1 fully saturated rings. The molecule has 0 atom stereocenters. The smallest absolute Gasteiger partial charge is 0.225 e. The van der Waals surface area contributed by atoms with Crippen molar-refractivity contribution in [3.63, 3.8) is 0 Å². The van der Waals surface area contributed by atoms with E-state index in [1.807, 2.05) is 11.9 Å². The van der Waals surface area contributed by atoms with Gasteiger partial charge in [-0.3, -0.25) is 4.79 Å². The maximum Gasteiger partial charge on any atom is 0.225 e. The average molecular weight is 203 g/mol. The van der Waals surface area contributed by atoms with Gasteiger partial charge in [0.05, 0.1) is 0 Å². The van der Waals surface area contributed by atoms with E-state index in [4.69, 9.17) is 0 Å². The summed E-state index contributed by atoms with van der Waals surface area (Å²) < 4.78 is 0. The van der Waals surface area contributed by atoms with Crippen molar-refractivity contribution in [2.75, 3.05) is 7.05 Å². The molecule has 0 unspecified atom stereocenters. The van der Waals surface area contributed by atoms with Crippen LogP contribution in [-0.2, 0) is 11.3 Å². The van der Waals surface area contributed by atoms with Crippen LogP contribution in [0.15, 0.2) is 24.3 Å². The summed E-state index contributed by atoms with van der Waals surface area (Å²) in [6.07, 6.45) is 2.16. The Balaban J connectivity index is 1.95. The number of hydrogen-bond donors (Lipinski definition) is 0. The Hall–Kier alpha value is -1.31. The highest BCUT2D eigenvalue weighted by atomic mass is 16.2. The summed E-state index contributed by atoms with van der Waals surface area (Å²) in [4.78, 5) is 13.5. The summed E-state index contributed by atoms with van der Waals surface area (Å²) in [5.41, 5.74) is 2.46. The van der Waals surface area contributed by atoms with Crippen LogP contribution in [-0.4, -0.2) is 17.9 Å². The lowest BCUT2D eigenvalue weighted by molar-refractivity contribution is -0.131. The number of aryl methyl sites for hydroxylation is 1. The van der Waals surface area contributed by atoms with Crippen LogP contribution in [0.4, 0.5) is 0 Å². The Morgan fingerprint density at radius 1 is 1.33 bits per heavy atom. The molecule has 80 valence electrons. The zero-order valence-electron chi connectivity index (χ0n) is 9.36. The monoisotopic (exact) mass is 203 g/mol. The third-order valence-corrected chi connectivity index (χ3v) is 2.84. The minimum absolute atomic E-state index is 0.301. The molecule has 1 aliphatic carbocycles. The predicted molar refractivity (Wildman–Crippen MR) is 60.4 cm³/mol. The molecule has 0 N–H and O–H groups in total. The first kappa shape index (κ1) is 10.2. The van der Waals surface area contributed by atoms with Gasteiger partial charge in [0.15, 0.2) is 0 Å². The van der Waals surface area contributed by atoms with Crippen molar-refractivity contribution in [3.8, 4) is 0 Å². The molecule has 2 heteroatoms. The quantitative estimate of drug-likeness (QED) is 0.738. The van der Waals surface area contributed by atoms with Crippen LogP contribution in [0.3, 0.4) is 0 Å². The molecule has 2 nitrogen and oxygen atoms in total. The molecule has 0 spiro atoms. The lowest BCUT2D eigenvalue weighted by atomic mass is 10.1. The van der Waals surface area contributed by atoms with Gasteiger partial charge in [0.1, 0.15) is 0 Å². The van der Waals surface area contributed by atoms with Gasteiger partial charge in [-0.25, -0.2) is 0 Å². The van der Waals surface area contributed by atoms with Crippen molar-refractivity contribution in [1.29, 1.82) is 0 Å². The molecular formula is C13H17NO. The number of carbonyl (C=O) groups is 1. The van der Waals surface area contributed by atoms with Crippen molar-refractivity contribution in [2.45, 2.75) is 26.3 Å². The van der Waals surface area contributed by atoms with Gasteiger partial charge in [0, 0.05) is 19.5 Å². The summed E-state index contributed by atoms with van der Waals surface area (Å²) in [5, 5.41) is 0. The average Bonchev–Trinajstić information content (AvgIpc) is 3.04. The number of nitrogens with zero attached hydrogens (tertiary/aromatic N) is 1. The summed E-state index contributed by atoms with van der Waals surface area (Å²) in [6, 6.07) is 8.35. The van der Waals surface area contributed by atoms with E-state index in [0.717, 1.165) is 19.4 Å². The van der Waals surface area contributed by atoms with Gasteiger partial charge in [0.25, 0.3) is 0 Å². The molecule has 1 amide bonds. The third-order valence-electron chi connectivity index (χ3n) is 2.84. The Kier molecular flexibility index (Phi) is 2.76. The molecule has 0 aromatic heterocycles. The van der Waals surface area contributed by atoms with E-state index < -0.39 is 0 Å². The van der Waals surface area contributed by atoms with E-state index in [-0.39, 0.29) is 0 Å². The molecule has 2 rings (SSSR count). The highest BCUT2D eigenvalue weighted by Gasteiger charge is 2.31. The van der Waals surface area contributed by atoms with Gasteiger partial charge in [-0.2, -0.15) is 0 Å². The van der Waals surface area contributed by atoms with E-state index in [2.05, 4.69) is 31.2 Å². The van der Waals surface area contributed by atoms with Crippen LogP contribution in [0, 0.1) is 12.8 Å². The van der Waals surface area contributed by atoms with Crippen molar-refractivity contribution in [2.24, 2.45) is 5.92 Å². The molecule has 0 heterocycles. The van der Waals surface area contributed by atoms with Crippen LogP contribution >= 0.6 is 0 Å². The van der Waals surface area contributed by atoms with Crippen molar-refractivity contribution >= 4 is 5.91 Å². The summed E-state index contributed by atoms with van der Waals surface area (Å²) in [5.74, 6) is 0.621. The Morgan fingerprint density at radius 3 is 2.47 bits per heavy atom. The number of amides is 1. The number of benzene rings is 1. The molecule has 1 aromatic carbocycles. The van der Waals surface area contributed by atoms with Crippen LogP contribution < -0.4 is 0 Å². The maximum atomic E-state index is 11.7. The molecule has 0 saturated heterocycles. The highest BCUT2D eigenvalue weighted by Crippen LogP contribution is 2.30. The van der Waals surface area contributed by atoms with Gasteiger partial charge in [-0.1, -0.05) is 29.8 Å². The number of hydrogen-bond acceptors (Lipinski definition) is 1. The van der Waals surface area contributed by atoms with E-state index in [1.165, 1.54) is 11.1 Å². The van der Waals surface area contributed by atoms with E-state index in [9.17, 15) is 4.79 Å². The summed E-state index contributed by atoms with van der Waals surface area (Å²) in [6.45, 7) is 2.80. The maximum absolute atomic E-state index is 11.7. The van der Waals surface area contributed by atoms with Crippen molar-refractivity contribution in [1.82, 2.24) is 4.90 Å². The van der Waals surface area contributed by atoms with Crippen LogP contribution in [0.25, 0.3) is 0 Å². The van der Waals surface area contributed by atoms with Crippen LogP contribution in [0.2, 0.25) is 0 Å². The van der Waals surface area contributed by atoms with E-state index in [0.29, 0.717) is 11.8 Å². The molecule has 0 radical (unpaired) electrons. The minimum atomic E-state index is 0.301. The molecule has 0 bridgehead atoms. The Bertz CT molecular complexity index is 351. The Labute approximate surface area is 90.9 Å². The third kappa shape index (κ3) is 2.58. The first-order chi connectivity index (χ1) is 7.16. The molecule has 0 aliphatic heterocycles. The van der Waals surface area contributed by atoms with Gasteiger partial charge in [-0.15, -0.1) is 0 Å². The second kappa shape index (κ2) is 4.05. The van der Waals surface area contributed by atoms with Crippen LogP contribution in [0.1, 0.15) is 24.0 Å². The molecular weight excluding hydrogens is 186 g/mol. The van der Waals surface area contributed by atoms with Gasteiger partial charge in [0.2, 0.25) is 5.91 Å². The molecule has 15 heavy (non-hydrogen) atoms. The predicted octanol–water partition coefficient (Wildman–Crippen LogP) is 2.36. The fourth-order valence-corrected chi connectivity index (χ4v) is 1.69. The SMILES string of the molecule is Cc1ccc(CN(C)C(=O)C2CC2)cc1.